The molecule has 0 aliphatic heterocycles. The maximum atomic E-state index is 3.49. The minimum Gasteiger partial charge on any atom is -1.00 e. The van der Waals surface area contributed by atoms with Gasteiger partial charge in [-0.1, -0.05) is 0 Å². The zero-order valence-corrected chi connectivity index (χ0v) is 4.58. The van der Waals surface area contributed by atoms with E-state index in [0.717, 1.165) is 15.2 Å². The van der Waals surface area contributed by atoms with Crippen molar-refractivity contribution in [1.29, 1.82) is 0 Å². The standard InChI is InChI=1S/C2H3.ClH.Fe.H3N/c1-2;;;/h1H,2H2;1H;;1H3/q;;+1;/p-1. The van der Waals surface area contributed by atoms with Crippen molar-refractivity contribution in [3.8, 4) is 0 Å². The van der Waals surface area contributed by atoms with Gasteiger partial charge < -0.3 is 12.4 Å². The molecule has 0 spiro atoms. The summed E-state index contributed by atoms with van der Waals surface area (Å²) in [4.78, 5) is 1.76. The third-order valence-electron chi connectivity index (χ3n) is 0.102. The first-order valence-electron chi connectivity index (χ1n) is 0.862. The van der Waals surface area contributed by atoms with Crippen LogP contribution in [0, 0.1) is 0 Å². The van der Waals surface area contributed by atoms with Crippen LogP contribution in [-0.4, -0.2) is 0 Å². The molecule has 0 aliphatic carbocycles. The van der Waals surface area contributed by atoms with Gasteiger partial charge in [-0.2, -0.15) is 0 Å². The van der Waals surface area contributed by atoms with Gasteiger partial charge in [0, 0.05) is 0 Å². The number of hydrogen-bond donors (Lipinski definition) is 1. The third-order valence-corrected chi connectivity index (χ3v) is 0.421. The molecule has 3 heteroatoms. The van der Waals surface area contributed by atoms with Crippen molar-refractivity contribution in [2.45, 2.75) is 0 Å². The largest absolute Gasteiger partial charge is 1.00 e. The Balaban J connectivity index is 0. The van der Waals surface area contributed by atoms with Gasteiger partial charge in [-0.25, -0.2) is 0 Å². The Morgan fingerprint density at radius 1 is 1.80 bits per heavy atom. The normalized spacial score (nSPS) is 5.80. The Bertz CT molecular complexity index is 23.6. The van der Waals surface area contributed by atoms with E-state index in [0.29, 0.717) is 0 Å². The molecule has 0 fully saturated rings. The quantitative estimate of drug-likeness (QED) is 0.360. The molecule has 0 radical (unpaired) electrons. The fourth-order valence-electron chi connectivity index (χ4n) is 0. The Morgan fingerprint density at radius 3 is 2.00 bits per heavy atom. The van der Waals surface area contributed by atoms with Gasteiger partial charge in [0.25, 0.3) is 0 Å². The first-order chi connectivity index (χ1) is 1.91. The van der Waals surface area contributed by atoms with Gasteiger partial charge in [0.2, 0.25) is 0 Å². The molecular weight excluding hydrogens is 129 g/mol. The zero-order chi connectivity index (χ0) is 3.41. The minimum absolute atomic E-state index is 0. The van der Waals surface area contributed by atoms with Crippen LogP contribution in [0.4, 0.5) is 0 Å². The molecule has 0 saturated carbocycles. The molecule has 0 aliphatic rings. The van der Waals surface area contributed by atoms with Gasteiger partial charge in [0.15, 0.2) is 0 Å². The second-order valence-electron chi connectivity index (χ2n) is 0.289. The van der Waals surface area contributed by atoms with E-state index in [-0.39, 0.29) is 12.4 Å². The molecule has 0 bridgehead atoms. The molecular formula is C2H6ClFeN. The van der Waals surface area contributed by atoms with Gasteiger partial charge in [-0.05, 0) is 0 Å². The Hall–Kier alpha value is 0.509. The van der Waals surface area contributed by atoms with Crippen LogP contribution in [-0.2, 0) is 15.2 Å². The van der Waals surface area contributed by atoms with E-state index in [1.165, 1.54) is 0 Å². The van der Waals surface area contributed by atoms with E-state index in [2.05, 4.69) is 11.3 Å². The van der Waals surface area contributed by atoms with Gasteiger partial charge in [-0.15, -0.1) is 0 Å². The first-order valence-corrected chi connectivity index (χ1v) is 2.28. The van der Waals surface area contributed by atoms with Crippen molar-refractivity contribution in [2.75, 3.05) is 0 Å². The van der Waals surface area contributed by atoms with Crippen LogP contribution in [0.3, 0.4) is 0 Å². The summed E-state index contributed by atoms with van der Waals surface area (Å²) in [5.41, 5.74) is 0. The summed E-state index contributed by atoms with van der Waals surface area (Å²) < 4.78 is 3.49. The van der Waals surface area contributed by atoms with E-state index >= 15 is 0 Å². The van der Waals surface area contributed by atoms with Crippen LogP contribution in [0.1, 0.15) is 0 Å². The number of rotatable bonds is 1. The number of quaternary nitrogens is 1. The van der Waals surface area contributed by atoms with Gasteiger partial charge in [-0.3, -0.25) is 0 Å². The summed E-state index contributed by atoms with van der Waals surface area (Å²) in [5.74, 6) is 0. The second-order valence-corrected chi connectivity index (χ2v) is 1.19. The second kappa shape index (κ2) is 8.82. The summed E-state index contributed by atoms with van der Waals surface area (Å²) in [6, 6.07) is 0. The van der Waals surface area contributed by atoms with Crippen LogP contribution in [0.2, 0.25) is 0 Å². The molecule has 34 valence electrons. The van der Waals surface area contributed by atoms with Gasteiger partial charge in [0.05, 0.1) is 0 Å². The van der Waals surface area contributed by atoms with Crippen LogP contribution >= 0.6 is 0 Å². The molecule has 5 heavy (non-hydrogen) atoms. The van der Waals surface area contributed by atoms with Crippen molar-refractivity contribution in [3.63, 3.8) is 0 Å². The van der Waals surface area contributed by atoms with Crippen molar-refractivity contribution >= 4 is 0 Å². The summed E-state index contributed by atoms with van der Waals surface area (Å²) in [6.07, 6.45) is 0. The van der Waals surface area contributed by atoms with Crippen molar-refractivity contribution in [3.05, 3.63) is 11.6 Å². The predicted molar refractivity (Wildman–Crippen MR) is 13.1 cm³/mol. The molecule has 0 aromatic heterocycles. The molecule has 0 aromatic carbocycles. The maximum Gasteiger partial charge on any atom is -1.00 e. The van der Waals surface area contributed by atoms with E-state index in [1.54, 1.807) is 4.97 Å². The molecule has 3 N–H and O–H groups in total. The topological polar surface area (TPSA) is 27.6 Å². The van der Waals surface area contributed by atoms with E-state index in [1.807, 2.05) is 0 Å². The molecule has 0 atom stereocenters. The minimum atomic E-state index is 0. The van der Waals surface area contributed by atoms with E-state index in [9.17, 15) is 0 Å². The Labute approximate surface area is 44.4 Å². The van der Waals surface area contributed by atoms with Gasteiger partial charge in [0.1, 0.15) is 0 Å². The molecule has 1 nitrogen and oxygen atoms in total. The van der Waals surface area contributed by atoms with Crippen LogP contribution in [0.5, 0.6) is 0 Å². The summed E-state index contributed by atoms with van der Waals surface area (Å²) in [5, 5.41) is 0. The molecule has 0 heterocycles. The molecule has 0 saturated heterocycles. The van der Waals surface area contributed by atoms with E-state index in [4.69, 9.17) is 0 Å². The van der Waals surface area contributed by atoms with Crippen molar-refractivity contribution in [1.82, 2.24) is 0 Å². The Morgan fingerprint density at radius 2 is 2.00 bits per heavy atom. The van der Waals surface area contributed by atoms with Crippen LogP contribution < -0.4 is 17.2 Å². The number of hydrogen-bond acceptors (Lipinski definition) is 0. The monoisotopic (exact) mass is 135 g/mol. The zero-order valence-electron chi connectivity index (χ0n) is 2.72. The fourth-order valence-corrected chi connectivity index (χ4v) is 0. The molecule has 0 unspecified atom stereocenters. The van der Waals surface area contributed by atoms with Gasteiger partial charge >= 0.3 is 31.5 Å². The molecule has 0 amide bonds. The Kier molecular flexibility index (Phi) is 16.0. The first kappa shape index (κ1) is 9.10. The average Bonchev–Trinajstić information content (AvgIpc) is 1.37. The maximum absolute atomic E-state index is 3.49. The summed E-state index contributed by atoms with van der Waals surface area (Å²) in [7, 11) is 0. The van der Waals surface area contributed by atoms with Crippen LogP contribution in [0.25, 0.3) is 0 Å². The van der Waals surface area contributed by atoms with Crippen molar-refractivity contribution < 1.29 is 32.3 Å². The van der Waals surface area contributed by atoms with Crippen molar-refractivity contribution in [2.24, 2.45) is 0 Å². The molecule has 0 aromatic rings. The average molecular weight is 135 g/mol. The molecule has 0 rings (SSSR count). The number of halogens is 1. The van der Waals surface area contributed by atoms with E-state index < -0.39 is 0 Å². The third kappa shape index (κ3) is 12.5. The predicted octanol–water partition coefficient (Wildman–Crippen LogP) is -3.63. The van der Waals surface area contributed by atoms with Crippen LogP contribution in [0.15, 0.2) is 11.6 Å². The fraction of sp³-hybridized carbons (Fsp3) is 0. The smallest absolute Gasteiger partial charge is 1.00 e. The summed E-state index contributed by atoms with van der Waals surface area (Å²) in [6.45, 7) is 3.42. The summed E-state index contributed by atoms with van der Waals surface area (Å²) >= 11 is 0.833. The SMILES string of the molecule is C=[CH][Fe][NH3+].[Cl-].